The highest BCUT2D eigenvalue weighted by Gasteiger charge is 2.13. The summed E-state index contributed by atoms with van der Waals surface area (Å²) in [4.78, 5) is 28.5. The maximum atomic E-state index is 12.5. The molecule has 0 unspecified atom stereocenters. The molecule has 4 rings (SSSR count). The van der Waals surface area contributed by atoms with E-state index >= 15 is 0 Å². The lowest BCUT2D eigenvalue weighted by Crippen LogP contribution is -2.08. The van der Waals surface area contributed by atoms with Crippen molar-refractivity contribution in [1.29, 1.82) is 0 Å². The van der Waals surface area contributed by atoms with Crippen molar-refractivity contribution in [2.24, 2.45) is 0 Å². The molecule has 4 aromatic rings. The van der Waals surface area contributed by atoms with Gasteiger partial charge >= 0.3 is 11.6 Å². The number of nitrogens with zero attached hydrogens (tertiary/aromatic N) is 2. The predicted octanol–water partition coefficient (Wildman–Crippen LogP) is 4.64. The van der Waals surface area contributed by atoms with Crippen LogP contribution in [-0.2, 0) is 24.4 Å². The van der Waals surface area contributed by atoms with E-state index in [0.29, 0.717) is 51.0 Å². The Morgan fingerprint density at radius 1 is 1.09 bits per heavy atom. The standard InChI is InChI=1S/C23H19ClN2O6/c1-3-14-8-20-18(10-19(14)24)16(9-22(27)31-20)11-30-23(28)15-4-6-17(7-5-15)29-12-21-25-13(2)32-26-21/h4-10H,3,11-12H2,1-2H3. The lowest BCUT2D eigenvalue weighted by Gasteiger charge is -2.10. The molecule has 0 aliphatic carbocycles. The third-order valence-electron chi connectivity index (χ3n) is 4.76. The van der Waals surface area contributed by atoms with Crippen molar-refractivity contribution in [2.45, 2.75) is 33.5 Å². The maximum absolute atomic E-state index is 12.5. The molecule has 0 bridgehead atoms. The normalized spacial score (nSPS) is 11.0. The topological polar surface area (TPSA) is 105 Å². The number of rotatable bonds is 7. The zero-order valence-corrected chi connectivity index (χ0v) is 18.1. The van der Waals surface area contributed by atoms with Crippen molar-refractivity contribution in [3.05, 3.63) is 86.3 Å². The Morgan fingerprint density at radius 2 is 1.88 bits per heavy atom. The van der Waals surface area contributed by atoms with Crippen molar-refractivity contribution in [3.8, 4) is 5.75 Å². The minimum absolute atomic E-state index is 0.0990. The SMILES string of the molecule is CCc1cc2oc(=O)cc(COC(=O)c3ccc(OCc4noc(C)n4)cc3)c2cc1Cl. The van der Waals surface area contributed by atoms with E-state index in [1.165, 1.54) is 6.07 Å². The summed E-state index contributed by atoms with van der Waals surface area (Å²) in [5.41, 5.74) is 1.61. The molecule has 0 aliphatic rings. The number of aryl methyl sites for hydroxylation is 2. The van der Waals surface area contributed by atoms with E-state index in [9.17, 15) is 9.59 Å². The number of hydrogen-bond donors (Lipinski definition) is 0. The molecule has 0 saturated heterocycles. The van der Waals surface area contributed by atoms with Crippen LogP contribution in [0.2, 0.25) is 5.02 Å². The first kappa shape index (κ1) is 21.6. The van der Waals surface area contributed by atoms with Crippen molar-refractivity contribution < 1.29 is 23.2 Å². The molecule has 0 aliphatic heterocycles. The minimum atomic E-state index is -0.539. The highest BCUT2D eigenvalue weighted by molar-refractivity contribution is 6.32. The zero-order chi connectivity index (χ0) is 22.7. The van der Waals surface area contributed by atoms with Gasteiger partial charge in [0.15, 0.2) is 6.61 Å². The van der Waals surface area contributed by atoms with Gasteiger partial charge in [-0.3, -0.25) is 0 Å². The van der Waals surface area contributed by atoms with Crippen LogP contribution in [0.3, 0.4) is 0 Å². The zero-order valence-electron chi connectivity index (χ0n) is 17.4. The highest BCUT2D eigenvalue weighted by atomic mass is 35.5. The fourth-order valence-corrected chi connectivity index (χ4v) is 3.44. The van der Waals surface area contributed by atoms with E-state index in [2.05, 4.69) is 10.1 Å². The Bertz CT molecular complexity index is 1330. The quantitative estimate of drug-likeness (QED) is 0.294. The lowest BCUT2D eigenvalue weighted by molar-refractivity contribution is 0.0474. The van der Waals surface area contributed by atoms with Crippen molar-refractivity contribution in [2.75, 3.05) is 0 Å². The van der Waals surface area contributed by atoms with Crippen LogP contribution < -0.4 is 10.4 Å². The average Bonchev–Trinajstić information content (AvgIpc) is 3.21. The molecule has 0 atom stereocenters. The van der Waals surface area contributed by atoms with Crippen LogP contribution in [0.1, 0.15) is 40.1 Å². The van der Waals surface area contributed by atoms with Gasteiger partial charge in [0.1, 0.15) is 17.9 Å². The van der Waals surface area contributed by atoms with Crippen LogP contribution in [0.25, 0.3) is 11.0 Å². The molecule has 0 N–H and O–H groups in total. The Labute approximate surface area is 187 Å². The molecule has 32 heavy (non-hydrogen) atoms. The van der Waals surface area contributed by atoms with Gasteiger partial charge in [0, 0.05) is 29.0 Å². The summed E-state index contributed by atoms with van der Waals surface area (Å²) in [6, 6.07) is 11.2. The van der Waals surface area contributed by atoms with Gasteiger partial charge in [-0.1, -0.05) is 23.7 Å². The number of benzene rings is 2. The summed E-state index contributed by atoms with van der Waals surface area (Å²) in [5, 5.41) is 4.94. The fourth-order valence-electron chi connectivity index (χ4n) is 3.14. The molecule has 9 heteroatoms. The Hall–Kier alpha value is -3.65. The minimum Gasteiger partial charge on any atom is -0.485 e. The number of esters is 1. The lowest BCUT2D eigenvalue weighted by atomic mass is 10.1. The van der Waals surface area contributed by atoms with Crippen LogP contribution >= 0.6 is 11.6 Å². The molecule has 2 aromatic carbocycles. The van der Waals surface area contributed by atoms with E-state index in [4.69, 9.17) is 30.0 Å². The van der Waals surface area contributed by atoms with Gasteiger partial charge in [-0.15, -0.1) is 0 Å². The number of fused-ring (bicyclic) bond motifs is 1. The number of carbonyl (C=O) groups excluding carboxylic acids is 1. The predicted molar refractivity (Wildman–Crippen MR) is 116 cm³/mol. The second-order valence-corrected chi connectivity index (χ2v) is 7.41. The summed E-state index contributed by atoms with van der Waals surface area (Å²) in [5.74, 6) is 0.885. The third kappa shape index (κ3) is 4.81. The smallest absolute Gasteiger partial charge is 0.338 e. The number of carbonyl (C=O) groups is 1. The summed E-state index contributed by atoms with van der Waals surface area (Å²) >= 11 is 6.30. The molecule has 0 spiro atoms. The summed E-state index contributed by atoms with van der Waals surface area (Å²) in [6.45, 7) is 3.70. The Balaban J connectivity index is 1.43. The highest BCUT2D eigenvalue weighted by Crippen LogP contribution is 2.26. The molecule has 2 heterocycles. The summed E-state index contributed by atoms with van der Waals surface area (Å²) in [6.07, 6.45) is 0.701. The van der Waals surface area contributed by atoms with Gasteiger partial charge in [0.05, 0.1) is 5.56 Å². The number of halogens is 1. The molecule has 0 saturated carbocycles. The first-order chi connectivity index (χ1) is 15.4. The molecule has 0 fully saturated rings. The van der Waals surface area contributed by atoms with Gasteiger partial charge in [-0.25, -0.2) is 9.59 Å². The number of aromatic nitrogens is 2. The van der Waals surface area contributed by atoms with Gasteiger partial charge in [0.2, 0.25) is 11.7 Å². The van der Waals surface area contributed by atoms with E-state index < -0.39 is 11.6 Å². The van der Waals surface area contributed by atoms with E-state index in [1.807, 2.05) is 6.92 Å². The molecular weight excluding hydrogens is 436 g/mol. The van der Waals surface area contributed by atoms with Crippen LogP contribution in [0, 0.1) is 6.92 Å². The third-order valence-corrected chi connectivity index (χ3v) is 5.12. The van der Waals surface area contributed by atoms with E-state index in [-0.39, 0.29) is 13.2 Å². The van der Waals surface area contributed by atoms with E-state index in [1.54, 1.807) is 43.3 Å². The van der Waals surface area contributed by atoms with Crippen molar-refractivity contribution in [1.82, 2.24) is 10.1 Å². The number of hydrogen-bond acceptors (Lipinski definition) is 8. The first-order valence-corrected chi connectivity index (χ1v) is 10.2. The largest absolute Gasteiger partial charge is 0.485 e. The van der Waals surface area contributed by atoms with Gasteiger partial charge in [-0.2, -0.15) is 4.98 Å². The fraction of sp³-hybridized carbons (Fsp3) is 0.217. The van der Waals surface area contributed by atoms with Gasteiger partial charge < -0.3 is 18.4 Å². The average molecular weight is 455 g/mol. The molecule has 2 aromatic heterocycles. The number of ether oxygens (including phenoxy) is 2. The summed E-state index contributed by atoms with van der Waals surface area (Å²) in [7, 11) is 0. The first-order valence-electron chi connectivity index (χ1n) is 9.87. The summed E-state index contributed by atoms with van der Waals surface area (Å²) < 4.78 is 21.1. The van der Waals surface area contributed by atoms with Crippen LogP contribution in [-0.4, -0.2) is 16.1 Å². The van der Waals surface area contributed by atoms with Crippen LogP contribution in [0.5, 0.6) is 5.75 Å². The van der Waals surface area contributed by atoms with Crippen LogP contribution in [0.4, 0.5) is 0 Å². The Kier molecular flexibility index (Phi) is 6.23. The molecule has 8 nitrogen and oxygen atoms in total. The second kappa shape index (κ2) is 9.23. The second-order valence-electron chi connectivity index (χ2n) is 7.00. The van der Waals surface area contributed by atoms with Gasteiger partial charge in [0.25, 0.3) is 0 Å². The van der Waals surface area contributed by atoms with Crippen molar-refractivity contribution >= 4 is 28.5 Å². The van der Waals surface area contributed by atoms with Crippen LogP contribution in [0.15, 0.2) is 56.2 Å². The van der Waals surface area contributed by atoms with Gasteiger partial charge in [-0.05, 0) is 48.4 Å². The molecular formula is C23H19ClN2O6. The van der Waals surface area contributed by atoms with Crippen molar-refractivity contribution in [3.63, 3.8) is 0 Å². The maximum Gasteiger partial charge on any atom is 0.338 e. The molecule has 0 amide bonds. The Morgan fingerprint density at radius 3 is 2.56 bits per heavy atom. The monoisotopic (exact) mass is 454 g/mol. The molecule has 0 radical (unpaired) electrons. The molecule has 164 valence electrons. The van der Waals surface area contributed by atoms with E-state index in [0.717, 1.165) is 5.56 Å².